The number of hydrogen-bond donors (Lipinski definition) is 1. The highest BCUT2D eigenvalue weighted by molar-refractivity contribution is 7.07. The van der Waals surface area contributed by atoms with E-state index >= 15 is 0 Å². The second-order valence-electron chi connectivity index (χ2n) is 6.73. The zero-order chi connectivity index (χ0) is 15.0. The number of aryl methyl sites for hydroxylation is 1. The van der Waals surface area contributed by atoms with Crippen molar-refractivity contribution in [3.05, 3.63) is 40.2 Å². The topological polar surface area (TPSA) is 41.3 Å². The number of thiophene rings is 1. The third-order valence-electron chi connectivity index (χ3n) is 5.16. The fraction of sp³-hybridized carbons (Fsp3) is 0.588. The summed E-state index contributed by atoms with van der Waals surface area (Å²) in [5.74, 6) is 1.75. The van der Waals surface area contributed by atoms with Crippen molar-refractivity contribution in [1.82, 2.24) is 15.2 Å². The van der Waals surface area contributed by atoms with E-state index in [2.05, 4.69) is 32.0 Å². The molecule has 1 N–H and O–H groups in total. The number of hydrogen-bond acceptors (Lipinski definition) is 5. The SMILES string of the molecule is Cc1cnc(CN(Cc2ccsc2)C2CC23CCNCC3)o1. The summed E-state index contributed by atoms with van der Waals surface area (Å²) in [5, 5.41) is 7.91. The summed E-state index contributed by atoms with van der Waals surface area (Å²) < 4.78 is 5.72. The van der Waals surface area contributed by atoms with Gasteiger partial charge in [0.05, 0.1) is 12.7 Å². The van der Waals surface area contributed by atoms with Gasteiger partial charge in [0.1, 0.15) is 5.76 Å². The van der Waals surface area contributed by atoms with E-state index in [1.165, 1.54) is 37.9 Å². The largest absolute Gasteiger partial charge is 0.445 e. The van der Waals surface area contributed by atoms with Gasteiger partial charge in [-0.2, -0.15) is 11.3 Å². The summed E-state index contributed by atoms with van der Waals surface area (Å²) in [5.41, 5.74) is 1.95. The van der Waals surface area contributed by atoms with Crippen LogP contribution in [0.4, 0.5) is 0 Å². The summed E-state index contributed by atoms with van der Waals surface area (Å²) in [6.45, 7) is 6.13. The van der Waals surface area contributed by atoms with E-state index in [0.717, 1.165) is 24.7 Å². The number of nitrogens with one attached hydrogen (secondary N) is 1. The molecular formula is C17H23N3OS. The second kappa shape index (κ2) is 5.80. The van der Waals surface area contributed by atoms with E-state index in [1.807, 2.05) is 13.1 Å². The van der Waals surface area contributed by atoms with Crippen molar-refractivity contribution in [2.24, 2.45) is 5.41 Å². The highest BCUT2D eigenvalue weighted by Crippen LogP contribution is 2.56. The highest BCUT2D eigenvalue weighted by atomic mass is 32.1. The molecule has 22 heavy (non-hydrogen) atoms. The van der Waals surface area contributed by atoms with Crippen molar-refractivity contribution in [2.75, 3.05) is 13.1 Å². The van der Waals surface area contributed by atoms with E-state index in [4.69, 9.17) is 4.42 Å². The first-order chi connectivity index (χ1) is 10.8. The fourth-order valence-electron chi connectivity index (χ4n) is 3.85. The molecule has 4 rings (SSSR count). The Morgan fingerprint density at radius 1 is 1.41 bits per heavy atom. The molecule has 1 aliphatic carbocycles. The molecule has 3 heterocycles. The Kier molecular flexibility index (Phi) is 3.80. The van der Waals surface area contributed by atoms with Gasteiger partial charge in [-0.15, -0.1) is 0 Å². The Hall–Kier alpha value is -1.17. The molecule has 1 spiro atoms. The molecule has 0 aromatic carbocycles. The number of nitrogens with zero attached hydrogens (tertiary/aromatic N) is 2. The van der Waals surface area contributed by atoms with E-state index in [1.54, 1.807) is 11.3 Å². The zero-order valence-electron chi connectivity index (χ0n) is 13.0. The van der Waals surface area contributed by atoms with E-state index in [0.29, 0.717) is 11.5 Å². The van der Waals surface area contributed by atoms with Gasteiger partial charge in [0.25, 0.3) is 0 Å². The van der Waals surface area contributed by atoms with Crippen LogP contribution in [-0.2, 0) is 13.1 Å². The minimum absolute atomic E-state index is 0.545. The summed E-state index contributed by atoms with van der Waals surface area (Å²) in [7, 11) is 0. The van der Waals surface area contributed by atoms with Crippen molar-refractivity contribution >= 4 is 11.3 Å². The van der Waals surface area contributed by atoms with Crippen LogP contribution in [0.1, 0.15) is 36.5 Å². The van der Waals surface area contributed by atoms with E-state index in [-0.39, 0.29) is 0 Å². The van der Waals surface area contributed by atoms with Crippen molar-refractivity contribution in [2.45, 2.75) is 45.3 Å². The Morgan fingerprint density at radius 2 is 2.27 bits per heavy atom. The monoisotopic (exact) mass is 317 g/mol. The van der Waals surface area contributed by atoms with Crippen LogP contribution in [0.5, 0.6) is 0 Å². The van der Waals surface area contributed by atoms with E-state index in [9.17, 15) is 0 Å². The van der Waals surface area contributed by atoms with Gasteiger partial charge < -0.3 is 9.73 Å². The molecular weight excluding hydrogens is 294 g/mol. The quantitative estimate of drug-likeness (QED) is 0.919. The third kappa shape index (κ3) is 2.85. The molecule has 1 aliphatic heterocycles. The molecule has 0 amide bonds. The van der Waals surface area contributed by atoms with E-state index < -0.39 is 0 Å². The van der Waals surface area contributed by atoms with Gasteiger partial charge in [-0.3, -0.25) is 4.90 Å². The van der Waals surface area contributed by atoms with Crippen LogP contribution in [0.15, 0.2) is 27.4 Å². The fourth-order valence-corrected chi connectivity index (χ4v) is 4.51. The first kappa shape index (κ1) is 14.4. The van der Waals surface area contributed by atoms with Crippen molar-refractivity contribution in [3.63, 3.8) is 0 Å². The van der Waals surface area contributed by atoms with Crippen LogP contribution in [0.3, 0.4) is 0 Å². The first-order valence-electron chi connectivity index (χ1n) is 8.12. The summed E-state index contributed by atoms with van der Waals surface area (Å²) in [4.78, 5) is 6.99. The zero-order valence-corrected chi connectivity index (χ0v) is 13.9. The lowest BCUT2D eigenvalue weighted by molar-refractivity contribution is 0.173. The molecule has 0 radical (unpaired) electrons. The number of rotatable bonds is 5. The van der Waals surface area contributed by atoms with Crippen LogP contribution in [0.2, 0.25) is 0 Å². The molecule has 2 aromatic heterocycles. The molecule has 1 saturated heterocycles. The Bertz CT molecular complexity index is 616. The molecule has 1 unspecified atom stereocenters. The molecule has 2 fully saturated rings. The molecule has 4 nitrogen and oxygen atoms in total. The van der Waals surface area contributed by atoms with Crippen molar-refractivity contribution in [3.8, 4) is 0 Å². The van der Waals surface area contributed by atoms with Crippen molar-refractivity contribution in [1.29, 1.82) is 0 Å². The van der Waals surface area contributed by atoms with Crippen LogP contribution < -0.4 is 5.32 Å². The predicted octanol–water partition coefficient (Wildman–Crippen LogP) is 3.19. The maximum Gasteiger partial charge on any atom is 0.208 e. The molecule has 5 heteroatoms. The standard InChI is InChI=1S/C17H23N3OS/c1-13-9-19-16(21-13)11-20(10-14-2-7-22-12-14)15-8-17(15)3-5-18-6-4-17/h2,7,9,12,15,18H,3-6,8,10-11H2,1H3. The average Bonchev–Trinajstić information content (AvgIpc) is 2.90. The molecule has 0 bridgehead atoms. The van der Waals surface area contributed by atoms with Gasteiger partial charge in [0.2, 0.25) is 5.89 Å². The number of piperidine rings is 1. The van der Waals surface area contributed by atoms with Crippen LogP contribution >= 0.6 is 11.3 Å². The lowest BCUT2D eigenvalue weighted by atomic mass is 9.93. The predicted molar refractivity (Wildman–Crippen MR) is 87.7 cm³/mol. The highest BCUT2D eigenvalue weighted by Gasteiger charge is 2.56. The van der Waals surface area contributed by atoms with Gasteiger partial charge in [0, 0.05) is 12.6 Å². The average molecular weight is 317 g/mol. The van der Waals surface area contributed by atoms with Gasteiger partial charge in [-0.1, -0.05) is 0 Å². The van der Waals surface area contributed by atoms with Crippen molar-refractivity contribution < 1.29 is 4.42 Å². The van der Waals surface area contributed by atoms with Crippen LogP contribution in [0, 0.1) is 12.3 Å². The lowest BCUT2D eigenvalue weighted by Gasteiger charge is -2.28. The lowest BCUT2D eigenvalue weighted by Crippen LogP contribution is -2.35. The van der Waals surface area contributed by atoms with Crippen LogP contribution in [-0.4, -0.2) is 29.0 Å². The number of aromatic nitrogens is 1. The van der Waals surface area contributed by atoms with Crippen LogP contribution in [0.25, 0.3) is 0 Å². The Balaban J connectivity index is 1.50. The maximum absolute atomic E-state index is 5.72. The molecule has 118 valence electrons. The summed E-state index contributed by atoms with van der Waals surface area (Å²) in [6, 6.07) is 2.91. The van der Waals surface area contributed by atoms with Gasteiger partial charge in [0.15, 0.2) is 0 Å². The maximum atomic E-state index is 5.72. The summed E-state index contributed by atoms with van der Waals surface area (Å²) >= 11 is 1.78. The normalized spacial score (nSPS) is 23.3. The van der Waals surface area contributed by atoms with Gasteiger partial charge >= 0.3 is 0 Å². The minimum Gasteiger partial charge on any atom is -0.445 e. The molecule has 2 aromatic rings. The third-order valence-corrected chi connectivity index (χ3v) is 5.89. The molecule has 2 aliphatic rings. The Labute approximate surface area is 135 Å². The molecule has 1 atom stereocenters. The first-order valence-corrected chi connectivity index (χ1v) is 9.07. The Morgan fingerprint density at radius 3 is 2.95 bits per heavy atom. The molecule has 1 saturated carbocycles. The smallest absolute Gasteiger partial charge is 0.208 e. The summed E-state index contributed by atoms with van der Waals surface area (Å²) in [6.07, 6.45) is 5.77. The second-order valence-corrected chi connectivity index (χ2v) is 7.51. The number of oxazole rings is 1. The van der Waals surface area contributed by atoms with Gasteiger partial charge in [-0.05, 0) is 67.1 Å². The minimum atomic E-state index is 0.545. The van der Waals surface area contributed by atoms with Gasteiger partial charge in [-0.25, -0.2) is 4.98 Å².